The zero-order chi connectivity index (χ0) is 10.2. The highest BCUT2D eigenvalue weighted by atomic mass is 16.5. The SMILES string of the molecule is C=C1CN(C)C2(C=C(OC)CCC2)C1. The van der Waals surface area contributed by atoms with Crippen LogP contribution in [0.2, 0.25) is 0 Å². The Balaban J connectivity index is 2.26. The average molecular weight is 193 g/mol. The van der Waals surface area contributed by atoms with Crippen molar-refractivity contribution in [3.63, 3.8) is 0 Å². The predicted molar refractivity (Wildman–Crippen MR) is 58.1 cm³/mol. The van der Waals surface area contributed by atoms with E-state index in [1.54, 1.807) is 7.11 Å². The first-order valence-corrected chi connectivity index (χ1v) is 5.30. The Morgan fingerprint density at radius 3 is 2.93 bits per heavy atom. The lowest BCUT2D eigenvalue weighted by atomic mass is 9.84. The van der Waals surface area contributed by atoms with Gasteiger partial charge in [0.1, 0.15) is 0 Å². The Bertz CT molecular complexity index is 282. The second-order valence-electron chi connectivity index (χ2n) is 4.55. The summed E-state index contributed by atoms with van der Waals surface area (Å²) in [5.41, 5.74) is 1.57. The molecular formula is C12H19NO. The minimum atomic E-state index is 0.223. The molecule has 0 saturated carbocycles. The normalized spacial score (nSPS) is 33.6. The van der Waals surface area contributed by atoms with Crippen LogP contribution in [0, 0.1) is 0 Å². The summed E-state index contributed by atoms with van der Waals surface area (Å²) in [6.07, 6.45) is 7.00. The molecule has 0 bridgehead atoms. The summed E-state index contributed by atoms with van der Waals surface area (Å²) < 4.78 is 5.37. The molecule has 14 heavy (non-hydrogen) atoms. The molecule has 1 aliphatic carbocycles. The number of hydrogen-bond donors (Lipinski definition) is 0. The molecule has 2 nitrogen and oxygen atoms in total. The Morgan fingerprint density at radius 2 is 2.36 bits per heavy atom. The highest BCUT2D eigenvalue weighted by molar-refractivity contribution is 5.25. The minimum absolute atomic E-state index is 0.223. The second-order valence-corrected chi connectivity index (χ2v) is 4.55. The van der Waals surface area contributed by atoms with Crippen LogP contribution in [0.15, 0.2) is 24.0 Å². The van der Waals surface area contributed by atoms with Crippen molar-refractivity contribution in [3.05, 3.63) is 24.0 Å². The fourth-order valence-electron chi connectivity index (χ4n) is 2.73. The van der Waals surface area contributed by atoms with E-state index in [4.69, 9.17) is 4.74 Å². The van der Waals surface area contributed by atoms with Gasteiger partial charge in [-0.2, -0.15) is 0 Å². The van der Waals surface area contributed by atoms with E-state index < -0.39 is 0 Å². The highest BCUT2D eigenvalue weighted by Crippen LogP contribution is 2.40. The smallest absolute Gasteiger partial charge is 0.0934 e. The van der Waals surface area contributed by atoms with Gasteiger partial charge in [0.2, 0.25) is 0 Å². The molecule has 2 rings (SSSR count). The van der Waals surface area contributed by atoms with Crippen LogP contribution < -0.4 is 0 Å². The number of rotatable bonds is 1. The predicted octanol–water partition coefficient (Wildman–Crippen LogP) is 2.33. The third-order valence-electron chi connectivity index (χ3n) is 3.50. The number of methoxy groups -OCH3 is 1. The Kier molecular flexibility index (Phi) is 2.40. The molecule has 0 aromatic carbocycles. The van der Waals surface area contributed by atoms with E-state index in [1.165, 1.54) is 18.4 Å². The first-order chi connectivity index (χ1) is 6.66. The third-order valence-corrected chi connectivity index (χ3v) is 3.50. The molecule has 0 amide bonds. The van der Waals surface area contributed by atoms with Gasteiger partial charge in [0, 0.05) is 18.5 Å². The van der Waals surface area contributed by atoms with Crippen LogP contribution in [-0.4, -0.2) is 31.1 Å². The second kappa shape index (κ2) is 3.43. The summed E-state index contributed by atoms with van der Waals surface area (Å²) in [6, 6.07) is 0. The van der Waals surface area contributed by atoms with E-state index in [0.29, 0.717) is 0 Å². The van der Waals surface area contributed by atoms with Gasteiger partial charge >= 0.3 is 0 Å². The van der Waals surface area contributed by atoms with Crippen molar-refractivity contribution in [3.8, 4) is 0 Å². The summed E-state index contributed by atoms with van der Waals surface area (Å²) in [6.45, 7) is 5.13. The first-order valence-electron chi connectivity index (χ1n) is 5.30. The largest absolute Gasteiger partial charge is 0.501 e. The molecule has 0 radical (unpaired) electrons. The molecule has 0 N–H and O–H groups in total. The molecule has 1 atom stereocenters. The molecule has 1 unspecified atom stereocenters. The number of allylic oxidation sites excluding steroid dienone is 1. The monoisotopic (exact) mass is 193 g/mol. The van der Waals surface area contributed by atoms with E-state index in [2.05, 4.69) is 24.6 Å². The van der Waals surface area contributed by atoms with Crippen molar-refractivity contribution in [2.24, 2.45) is 0 Å². The summed E-state index contributed by atoms with van der Waals surface area (Å²) in [5.74, 6) is 1.15. The molecular weight excluding hydrogens is 174 g/mol. The lowest BCUT2D eigenvalue weighted by Gasteiger charge is -2.36. The maximum Gasteiger partial charge on any atom is 0.0934 e. The van der Waals surface area contributed by atoms with Crippen LogP contribution in [0.4, 0.5) is 0 Å². The maximum atomic E-state index is 5.37. The lowest BCUT2D eigenvalue weighted by molar-refractivity contribution is 0.174. The van der Waals surface area contributed by atoms with E-state index in [1.807, 2.05) is 0 Å². The van der Waals surface area contributed by atoms with Crippen molar-refractivity contribution in [1.82, 2.24) is 4.90 Å². The minimum Gasteiger partial charge on any atom is -0.501 e. The van der Waals surface area contributed by atoms with Gasteiger partial charge in [-0.25, -0.2) is 0 Å². The maximum absolute atomic E-state index is 5.37. The van der Waals surface area contributed by atoms with Gasteiger partial charge in [0.25, 0.3) is 0 Å². The van der Waals surface area contributed by atoms with Gasteiger partial charge in [-0.05, 0) is 32.4 Å². The zero-order valence-electron chi connectivity index (χ0n) is 9.18. The molecule has 2 aliphatic rings. The standard InChI is InChI=1S/C12H19NO/c1-10-7-12(13(2)9-10)6-4-5-11(8-12)14-3/h8H,1,4-7,9H2,2-3H3. The molecule has 1 aliphatic heterocycles. The lowest BCUT2D eigenvalue weighted by Crippen LogP contribution is -2.41. The third kappa shape index (κ3) is 1.48. The molecule has 1 heterocycles. The van der Waals surface area contributed by atoms with E-state index in [-0.39, 0.29) is 5.54 Å². The first kappa shape index (κ1) is 9.78. The topological polar surface area (TPSA) is 12.5 Å². The average Bonchev–Trinajstić information content (AvgIpc) is 2.42. The van der Waals surface area contributed by atoms with E-state index >= 15 is 0 Å². The summed E-state index contributed by atoms with van der Waals surface area (Å²) in [7, 11) is 3.96. The van der Waals surface area contributed by atoms with Crippen molar-refractivity contribution >= 4 is 0 Å². The zero-order valence-corrected chi connectivity index (χ0v) is 9.18. The summed E-state index contributed by atoms with van der Waals surface area (Å²) in [4.78, 5) is 2.41. The van der Waals surface area contributed by atoms with Crippen LogP contribution in [0.3, 0.4) is 0 Å². The van der Waals surface area contributed by atoms with Crippen molar-refractivity contribution in [2.75, 3.05) is 20.7 Å². The van der Waals surface area contributed by atoms with Crippen molar-refractivity contribution < 1.29 is 4.74 Å². The number of ether oxygens (including phenoxy) is 1. The number of nitrogens with zero attached hydrogens (tertiary/aromatic N) is 1. The fourth-order valence-corrected chi connectivity index (χ4v) is 2.73. The molecule has 0 aromatic heterocycles. The summed E-state index contributed by atoms with van der Waals surface area (Å²) >= 11 is 0. The molecule has 1 spiro atoms. The van der Waals surface area contributed by atoms with Gasteiger partial charge in [0.15, 0.2) is 0 Å². The molecule has 78 valence electrons. The molecule has 1 fully saturated rings. The molecule has 0 aromatic rings. The van der Waals surface area contributed by atoms with Gasteiger partial charge < -0.3 is 4.74 Å². The Labute approximate surface area is 86.2 Å². The number of hydrogen-bond acceptors (Lipinski definition) is 2. The van der Waals surface area contributed by atoms with Gasteiger partial charge in [0.05, 0.1) is 12.9 Å². The van der Waals surface area contributed by atoms with Crippen molar-refractivity contribution in [2.45, 2.75) is 31.2 Å². The Morgan fingerprint density at radius 1 is 1.57 bits per heavy atom. The quantitative estimate of drug-likeness (QED) is 0.593. The van der Waals surface area contributed by atoms with E-state index in [9.17, 15) is 0 Å². The van der Waals surface area contributed by atoms with Gasteiger partial charge in [-0.1, -0.05) is 12.2 Å². The molecule has 2 heteroatoms. The number of likely N-dealkylation sites (N-methyl/N-ethyl adjacent to an activating group) is 1. The fraction of sp³-hybridized carbons (Fsp3) is 0.667. The van der Waals surface area contributed by atoms with E-state index in [0.717, 1.165) is 25.1 Å². The van der Waals surface area contributed by atoms with Crippen LogP contribution >= 0.6 is 0 Å². The van der Waals surface area contributed by atoms with Crippen LogP contribution in [0.25, 0.3) is 0 Å². The van der Waals surface area contributed by atoms with Gasteiger partial charge in [-0.15, -0.1) is 0 Å². The van der Waals surface area contributed by atoms with Crippen LogP contribution in [0.1, 0.15) is 25.7 Å². The molecule has 1 saturated heterocycles. The van der Waals surface area contributed by atoms with Crippen LogP contribution in [0.5, 0.6) is 0 Å². The summed E-state index contributed by atoms with van der Waals surface area (Å²) in [5, 5.41) is 0. The Hall–Kier alpha value is -0.760. The van der Waals surface area contributed by atoms with Crippen LogP contribution in [-0.2, 0) is 4.74 Å². The number of likely N-dealkylation sites (tertiary alicyclic amines) is 1. The van der Waals surface area contributed by atoms with Crippen molar-refractivity contribution in [1.29, 1.82) is 0 Å². The highest BCUT2D eigenvalue weighted by Gasteiger charge is 2.40. The van der Waals surface area contributed by atoms with Gasteiger partial charge in [-0.3, -0.25) is 4.90 Å².